The minimum atomic E-state index is -0.499. The number of carbonyl (C=O) groups excluding carboxylic acids is 2. The fourth-order valence-electron chi connectivity index (χ4n) is 2.09. The summed E-state index contributed by atoms with van der Waals surface area (Å²) in [6, 6.07) is 15.1. The monoisotopic (exact) mass is 322 g/mol. The molecule has 24 heavy (non-hydrogen) atoms. The summed E-state index contributed by atoms with van der Waals surface area (Å²) in [5.41, 5.74) is 2.35. The molecule has 2 aromatic carbocycles. The first-order valence-corrected chi connectivity index (χ1v) is 7.43. The standard InChI is InChI=1S/C18H18N4O2/c1-12(17(23)22-15-8-6-13(11-19)7-9-15)21-16-5-3-4-14(10-16)18(24)20-2/h3-10,12,21H,1-2H3,(H,20,24)(H,22,23)/t12-/m1/s1. The lowest BCUT2D eigenvalue weighted by atomic mass is 10.1. The number of hydrogen-bond donors (Lipinski definition) is 3. The number of rotatable bonds is 5. The first-order chi connectivity index (χ1) is 11.5. The van der Waals surface area contributed by atoms with E-state index in [1.165, 1.54) is 0 Å². The van der Waals surface area contributed by atoms with Crippen LogP contribution in [-0.2, 0) is 4.79 Å². The summed E-state index contributed by atoms with van der Waals surface area (Å²) < 4.78 is 0. The van der Waals surface area contributed by atoms with Gasteiger partial charge in [-0.2, -0.15) is 5.26 Å². The summed E-state index contributed by atoms with van der Waals surface area (Å²) >= 11 is 0. The van der Waals surface area contributed by atoms with Gasteiger partial charge in [0.05, 0.1) is 11.6 Å². The Morgan fingerprint density at radius 3 is 2.42 bits per heavy atom. The van der Waals surface area contributed by atoms with Crippen LogP contribution in [0.3, 0.4) is 0 Å². The van der Waals surface area contributed by atoms with Crippen molar-refractivity contribution in [3.63, 3.8) is 0 Å². The number of nitrogens with one attached hydrogen (secondary N) is 3. The van der Waals surface area contributed by atoms with E-state index in [4.69, 9.17) is 5.26 Å². The molecule has 0 saturated heterocycles. The summed E-state index contributed by atoms with van der Waals surface area (Å²) in [4.78, 5) is 23.9. The molecule has 0 saturated carbocycles. The van der Waals surface area contributed by atoms with Crippen LogP contribution in [-0.4, -0.2) is 24.9 Å². The number of nitriles is 1. The molecule has 0 spiro atoms. The number of nitrogens with zero attached hydrogens (tertiary/aromatic N) is 1. The number of carbonyl (C=O) groups is 2. The Kier molecular flexibility index (Phi) is 5.53. The molecule has 0 aliphatic heterocycles. The van der Waals surface area contributed by atoms with Gasteiger partial charge in [-0.15, -0.1) is 0 Å². The summed E-state index contributed by atoms with van der Waals surface area (Å²) in [6.07, 6.45) is 0. The fraction of sp³-hybridized carbons (Fsp3) is 0.167. The minimum Gasteiger partial charge on any atom is -0.374 e. The molecule has 6 nitrogen and oxygen atoms in total. The summed E-state index contributed by atoms with van der Waals surface area (Å²) in [6.45, 7) is 1.73. The molecular formula is C18H18N4O2. The van der Waals surface area contributed by atoms with E-state index in [-0.39, 0.29) is 11.8 Å². The van der Waals surface area contributed by atoms with Gasteiger partial charge >= 0.3 is 0 Å². The van der Waals surface area contributed by atoms with E-state index in [0.29, 0.717) is 22.5 Å². The fourth-order valence-corrected chi connectivity index (χ4v) is 2.09. The quantitative estimate of drug-likeness (QED) is 0.787. The van der Waals surface area contributed by atoms with Crippen LogP contribution < -0.4 is 16.0 Å². The van der Waals surface area contributed by atoms with Crippen molar-refractivity contribution in [1.29, 1.82) is 5.26 Å². The SMILES string of the molecule is CNC(=O)c1cccc(N[C@H](C)C(=O)Nc2ccc(C#N)cc2)c1. The van der Waals surface area contributed by atoms with Crippen LogP contribution >= 0.6 is 0 Å². The van der Waals surface area contributed by atoms with Crippen molar-refractivity contribution >= 4 is 23.2 Å². The van der Waals surface area contributed by atoms with Crippen molar-refractivity contribution < 1.29 is 9.59 Å². The largest absolute Gasteiger partial charge is 0.374 e. The number of hydrogen-bond acceptors (Lipinski definition) is 4. The van der Waals surface area contributed by atoms with Crippen LogP contribution in [0.5, 0.6) is 0 Å². The Bertz CT molecular complexity index is 778. The molecule has 0 heterocycles. The number of benzene rings is 2. The Morgan fingerprint density at radius 2 is 1.79 bits per heavy atom. The highest BCUT2D eigenvalue weighted by Gasteiger charge is 2.13. The van der Waals surface area contributed by atoms with Crippen molar-refractivity contribution in [1.82, 2.24) is 5.32 Å². The lowest BCUT2D eigenvalue weighted by Gasteiger charge is -2.16. The minimum absolute atomic E-state index is 0.187. The second-order valence-corrected chi connectivity index (χ2v) is 5.20. The zero-order chi connectivity index (χ0) is 17.5. The summed E-state index contributed by atoms with van der Waals surface area (Å²) in [5.74, 6) is -0.404. The van der Waals surface area contributed by atoms with E-state index in [1.54, 1.807) is 62.5 Å². The normalized spacial score (nSPS) is 11.0. The van der Waals surface area contributed by atoms with Crippen molar-refractivity contribution in [3.8, 4) is 6.07 Å². The molecule has 0 unspecified atom stereocenters. The highest BCUT2D eigenvalue weighted by atomic mass is 16.2. The second kappa shape index (κ2) is 7.79. The van der Waals surface area contributed by atoms with Crippen molar-refractivity contribution in [2.75, 3.05) is 17.7 Å². The maximum absolute atomic E-state index is 12.2. The van der Waals surface area contributed by atoms with Crippen LogP contribution in [0.2, 0.25) is 0 Å². The van der Waals surface area contributed by atoms with Gasteiger partial charge in [-0.3, -0.25) is 9.59 Å². The molecule has 0 aliphatic carbocycles. The van der Waals surface area contributed by atoms with Crippen LogP contribution in [0.4, 0.5) is 11.4 Å². The molecule has 6 heteroatoms. The van der Waals surface area contributed by atoms with Crippen LogP contribution in [0.1, 0.15) is 22.8 Å². The van der Waals surface area contributed by atoms with Crippen LogP contribution in [0.25, 0.3) is 0 Å². The first kappa shape index (κ1) is 17.0. The van der Waals surface area contributed by atoms with Crippen molar-refractivity contribution in [3.05, 3.63) is 59.7 Å². The molecule has 2 rings (SSSR count). The molecule has 0 aromatic heterocycles. The Hall–Kier alpha value is -3.33. The van der Waals surface area contributed by atoms with E-state index < -0.39 is 6.04 Å². The zero-order valence-electron chi connectivity index (χ0n) is 13.5. The molecule has 2 aromatic rings. The van der Waals surface area contributed by atoms with E-state index in [1.807, 2.05) is 6.07 Å². The van der Waals surface area contributed by atoms with Crippen LogP contribution in [0.15, 0.2) is 48.5 Å². The molecular weight excluding hydrogens is 304 g/mol. The lowest BCUT2D eigenvalue weighted by molar-refractivity contribution is -0.116. The predicted octanol–water partition coefficient (Wildman–Crippen LogP) is 2.36. The van der Waals surface area contributed by atoms with E-state index in [9.17, 15) is 9.59 Å². The Balaban J connectivity index is 2.00. The summed E-state index contributed by atoms with van der Waals surface area (Å²) in [5, 5.41) is 17.2. The average molecular weight is 322 g/mol. The Labute approximate surface area is 140 Å². The predicted molar refractivity (Wildman–Crippen MR) is 92.7 cm³/mol. The molecule has 1 atom stereocenters. The Morgan fingerprint density at radius 1 is 1.08 bits per heavy atom. The third-order valence-electron chi connectivity index (χ3n) is 3.41. The topological polar surface area (TPSA) is 94.0 Å². The maximum atomic E-state index is 12.2. The van der Waals surface area contributed by atoms with Gasteiger partial charge < -0.3 is 16.0 Å². The molecule has 3 N–H and O–H groups in total. The highest BCUT2D eigenvalue weighted by molar-refractivity contribution is 5.97. The maximum Gasteiger partial charge on any atom is 0.251 e. The van der Waals surface area contributed by atoms with E-state index >= 15 is 0 Å². The van der Waals surface area contributed by atoms with Gasteiger partial charge in [-0.25, -0.2) is 0 Å². The molecule has 122 valence electrons. The molecule has 2 amide bonds. The van der Waals surface area contributed by atoms with Gasteiger partial charge in [-0.05, 0) is 49.4 Å². The van der Waals surface area contributed by atoms with Crippen LogP contribution in [0, 0.1) is 11.3 Å². The molecule has 0 radical (unpaired) electrons. The second-order valence-electron chi connectivity index (χ2n) is 5.20. The van der Waals surface area contributed by atoms with Crippen molar-refractivity contribution in [2.24, 2.45) is 0 Å². The third-order valence-corrected chi connectivity index (χ3v) is 3.41. The van der Waals surface area contributed by atoms with Crippen molar-refractivity contribution in [2.45, 2.75) is 13.0 Å². The number of anilines is 2. The van der Waals surface area contributed by atoms with Gasteiger partial charge in [0.1, 0.15) is 6.04 Å². The molecule has 0 aliphatic rings. The van der Waals surface area contributed by atoms with Gasteiger partial charge in [0, 0.05) is 24.0 Å². The van der Waals surface area contributed by atoms with Gasteiger partial charge in [0.2, 0.25) is 5.91 Å². The third kappa shape index (κ3) is 4.34. The zero-order valence-corrected chi connectivity index (χ0v) is 13.5. The lowest BCUT2D eigenvalue weighted by Crippen LogP contribution is -2.32. The van der Waals surface area contributed by atoms with Gasteiger partial charge in [-0.1, -0.05) is 6.07 Å². The molecule has 0 fully saturated rings. The number of amides is 2. The highest BCUT2D eigenvalue weighted by Crippen LogP contribution is 2.13. The first-order valence-electron chi connectivity index (χ1n) is 7.43. The summed E-state index contributed by atoms with van der Waals surface area (Å²) in [7, 11) is 1.57. The van der Waals surface area contributed by atoms with E-state index in [0.717, 1.165) is 0 Å². The van der Waals surface area contributed by atoms with Gasteiger partial charge in [0.25, 0.3) is 5.91 Å². The van der Waals surface area contributed by atoms with E-state index in [2.05, 4.69) is 16.0 Å². The average Bonchev–Trinajstić information content (AvgIpc) is 2.61. The smallest absolute Gasteiger partial charge is 0.251 e. The van der Waals surface area contributed by atoms with Gasteiger partial charge in [0.15, 0.2) is 0 Å². The molecule has 0 bridgehead atoms.